The van der Waals surface area contributed by atoms with Crippen LogP contribution < -0.4 is 5.73 Å². The molecular weight excluding hydrogens is 298 g/mol. The van der Waals surface area contributed by atoms with Gasteiger partial charge in [0.15, 0.2) is 0 Å². The number of rotatable bonds is 4. The number of nitrogens with two attached hydrogens (primary N) is 1. The minimum atomic E-state index is 0.363. The maximum absolute atomic E-state index is 6.19. The average molecular weight is 319 g/mol. The zero-order valence-electron chi connectivity index (χ0n) is 14.0. The Bertz CT molecular complexity index is 978. The lowest BCUT2D eigenvalue weighted by Crippen LogP contribution is -2.02. The molecule has 1 atom stereocenters. The largest absolute Gasteiger partial charge is 0.382 e. The van der Waals surface area contributed by atoms with E-state index in [1.54, 1.807) is 6.20 Å². The van der Waals surface area contributed by atoms with Crippen LogP contribution in [0.25, 0.3) is 27.8 Å². The van der Waals surface area contributed by atoms with Crippen molar-refractivity contribution in [2.75, 3.05) is 5.73 Å². The van der Waals surface area contributed by atoms with Crippen LogP contribution in [0, 0.1) is 0 Å². The molecule has 0 radical (unpaired) electrons. The van der Waals surface area contributed by atoms with Crippen LogP contribution in [-0.2, 0) is 0 Å². The predicted molar refractivity (Wildman–Crippen MR) is 98.0 cm³/mol. The number of hydrogen-bond donors (Lipinski definition) is 2. The molecular formula is C19H21N5. The van der Waals surface area contributed by atoms with Gasteiger partial charge in [-0.05, 0) is 18.6 Å². The summed E-state index contributed by atoms with van der Waals surface area (Å²) in [5, 5.41) is 1.17. The Morgan fingerprint density at radius 2 is 2.12 bits per heavy atom. The van der Waals surface area contributed by atoms with Crippen LogP contribution in [0.2, 0.25) is 0 Å². The van der Waals surface area contributed by atoms with Gasteiger partial charge in [-0.3, -0.25) is 4.40 Å². The Morgan fingerprint density at radius 1 is 1.29 bits per heavy atom. The first-order chi connectivity index (χ1) is 11.7. The summed E-state index contributed by atoms with van der Waals surface area (Å²) in [5.74, 6) is 1.91. The maximum atomic E-state index is 6.19. The van der Waals surface area contributed by atoms with E-state index >= 15 is 0 Å². The molecule has 0 aliphatic rings. The summed E-state index contributed by atoms with van der Waals surface area (Å²) in [5.41, 5.74) is 10.0. The highest BCUT2D eigenvalue weighted by atomic mass is 15.1. The molecule has 0 aliphatic heterocycles. The second-order valence-electron chi connectivity index (χ2n) is 6.31. The molecule has 5 nitrogen and oxygen atoms in total. The molecule has 4 rings (SSSR count). The van der Waals surface area contributed by atoms with Crippen molar-refractivity contribution in [1.82, 2.24) is 19.4 Å². The standard InChI is InChI=1S/C19H21N5/c1-3-6-12(2)19-23-16(17-18(20)21-9-10-24(17)19)15-11-13-7-4-5-8-14(13)22-15/h4-5,7-12,22H,3,6H2,1-2H3,(H2,20,21). The number of fused-ring (bicyclic) bond motifs is 2. The van der Waals surface area contributed by atoms with Crippen molar-refractivity contribution in [3.8, 4) is 11.4 Å². The van der Waals surface area contributed by atoms with Gasteiger partial charge in [0, 0.05) is 29.2 Å². The van der Waals surface area contributed by atoms with Gasteiger partial charge >= 0.3 is 0 Å². The third kappa shape index (κ3) is 2.24. The molecule has 0 aliphatic carbocycles. The number of aromatic amines is 1. The summed E-state index contributed by atoms with van der Waals surface area (Å²) < 4.78 is 2.09. The molecule has 1 unspecified atom stereocenters. The first-order valence-electron chi connectivity index (χ1n) is 8.39. The summed E-state index contributed by atoms with van der Waals surface area (Å²) in [6.07, 6.45) is 5.90. The first kappa shape index (κ1) is 14.8. The van der Waals surface area contributed by atoms with E-state index in [0.29, 0.717) is 11.7 Å². The fourth-order valence-electron chi connectivity index (χ4n) is 3.39. The Kier molecular flexibility index (Phi) is 3.49. The molecule has 122 valence electrons. The minimum Gasteiger partial charge on any atom is -0.382 e. The van der Waals surface area contributed by atoms with Gasteiger partial charge < -0.3 is 10.7 Å². The number of nitrogens with zero attached hydrogens (tertiary/aromatic N) is 3. The Hall–Kier alpha value is -2.82. The predicted octanol–water partition coefficient (Wildman–Crippen LogP) is 4.36. The molecule has 0 bridgehead atoms. The van der Waals surface area contributed by atoms with Crippen molar-refractivity contribution < 1.29 is 0 Å². The second-order valence-corrected chi connectivity index (χ2v) is 6.31. The van der Waals surface area contributed by atoms with Crippen molar-refractivity contribution in [3.05, 3.63) is 48.5 Å². The number of hydrogen-bond acceptors (Lipinski definition) is 3. The number of imidazole rings is 1. The second kappa shape index (κ2) is 5.67. The van der Waals surface area contributed by atoms with Gasteiger partial charge in [-0.25, -0.2) is 9.97 Å². The zero-order valence-corrected chi connectivity index (χ0v) is 14.0. The number of aromatic nitrogens is 4. The van der Waals surface area contributed by atoms with Crippen LogP contribution in [0.15, 0.2) is 42.7 Å². The van der Waals surface area contributed by atoms with E-state index in [1.165, 1.54) is 5.39 Å². The smallest absolute Gasteiger partial charge is 0.150 e. The van der Waals surface area contributed by atoms with Crippen LogP contribution in [0.1, 0.15) is 38.4 Å². The van der Waals surface area contributed by atoms with Crippen molar-refractivity contribution in [1.29, 1.82) is 0 Å². The Morgan fingerprint density at radius 3 is 2.92 bits per heavy atom. The molecule has 1 aromatic carbocycles. The molecule has 0 spiro atoms. The number of nitrogens with one attached hydrogen (secondary N) is 1. The van der Waals surface area contributed by atoms with Crippen molar-refractivity contribution in [2.45, 2.75) is 32.6 Å². The molecule has 3 heterocycles. The van der Waals surface area contributed by atoms with Gasteiger partial charge in [0.25, 0.3) is 0 Å². The minimum absolute atomic E-state index is 0.363. The number of para-hydroxylation sites is 1. The van der Waals surface area contributed by atoms with Crippen LogP contribution >= 0.6 is 0 Å². The van der Waals surface area contributed by atoms with Gasteiger partial charge in [0.05, 0.1) is 5.69 Å². The number of H-pyrrole nitrogens is 1. The quantitative estimate of drug-likeness (QED) is 0.587. The summed E-state index contributed by atoms with van der Waals surface area (Å²) in [6.45, 7) is 4.41. The van der Waals surface area contributed by atoms with E-state index in [-0.39, 0.29) is 0 Å². The molecule has 24 heavy (non-hydrogen) atoms. The van der Waals surface area contributed by atoms with Gasteiger partial charge in [0.1, 0.15) is 22.9 Å². The van der Waals surface area contributed by atoms with Crippen LogP contribution in [0.5, 0.6) is 0 Å². The Balaban J connectivity index is 1.97. The van der Waals surface area contributed by atoms with E-state index in [4.69, 9.17) is 10.7 Å². The summed E-state index contributed by atoms with van der Waals surface area (Å²) >= 11 is 0. The van der Waals surface area contributed by atoms with Crippen LogP contribution in [0.4, 0.5) is 5.82 Å². The first-order valence-corrected chi connectivity index (χ1v) is 8.39. The van der Waals surface area contributed by atoms with Crippen LogP contribution in [0.3, 0.4) is 0 Å². The zero-order chi connectivity index (χ0) is 16.7. The lowest BCUT2D eigenvalue weighted by atomic mass is 10.1. The average Bonchev–Trinajstić information content (AvgIpc) is 3.17. The normalized spacial score (nSPS) is 12.9. The molecule has 0 fully saturated rings. The van der Waals surface area contributed by atoms with Gasteiger partial charge in [-0.2, -0.15) is 0 Å². The molecule has 3 aromatic heterocycles. The summed E-state index contributed by atoms with van der Waals surface area (Å²) in [4.78, 5) is 12.7. The van der Waals surface area contributed by atoms with Gasteiger partial charge in [-0.1, -0.05) is 38.5 Å². The SMILES string of the molecule is CCCC(C)c1nc(-c2cc3ccccc3[nH]2)c2c(N)nccn12. The van der Waals surface area contributed by atoms with Crippen molar-refractivity contribution >= 4 is 22.2 Å². The third-order valence-electron chi connectivity index (χ3n) is 4.56. The van der Waals surface area contributed by atoms with Crippen LogP contribution in [-0.4, -0.2) is 19.4 Å². The van der Waals surface area contributed by atoms with E-state index in [9.17, 15) is 0 Å². The topological polar surface area (TPSA) is 72.0 Å². The molecule has 4 aromatic rings. The molecule has 3 N–H and O–H groups in total. The lowest BCUT2D eigenvalue weighted by molar-refractivity contribution is 0.624. The number of benzene rings is 1. The highest BCUT2D eigenvalue weighted by molar-refractivity contribution is 5.91. The van der Waals surface area contributed by atoms with E-state index in [0.717, 1.165) is 41.1 Å². The highest BCUT2D eigenvalue weighted by Gasteiger charge is 2.20. The highest BCUT2D eigenvalue weighted by Crippen LogP contribution is 2.32. The van der Waals surface area contributed by atoms with Gasteiger partial charge in [0.2, 0.25) is 0 Å². The molecule has 0 saturated heterocycles. The maximum Gasteiger partial charge on any atom is 0.150 e. The number of nitrogen functional groups attached to an aromatic ring is 1. The third-order valence-corrected chi connectivity index (χ3v) is 4.56. The summed E-state index contributed by atoms with van der Waals surface area (Å²) in [7, 11) is 0. The van der Waals surface area contributed by atoms with Crippen molar-refractivity contribution in [2.24, 2.45) is 0 Å². The monoisotopic (exact) mass is 319 g/mol. The fraction of sp³-hybridized carbons (Fsp3) is 0.263. The number of anilines is 1. The summed E-state index contributed by atoms with van der Waals surface area (Å²) in [6, 6.07) is 10.3. The molecule has 5 heteroatoms. The van der Waals surface area contributed by atoms with E-state index < -0.39 is 0 Å². The molecule has 0 saturated carbocycles. The van der Waals surface area contributed by atoms with E-state index in [1.807, 2.05) is 18.3 Å². The molecule has 0 amide bonds. The lowest BCUT2D eigenvalue weighted by Gasteiger charge is -2.08. The fourth-order valence-corrected chi connectivity index (χ4v) is 3.39. The Labute approximate surface area is 140 Å². The van der Waals surface area contributed by atoms with Gasteiger partial charge in [-0.15, -0.1) is 0 Å². The van der Waals surface area contributed by atoms with Crippen molar-refractivity contribution in [3.63, 3.8) is 0 Å². The van der Waals surface area contributed by atoms with E-state index in [2.05, 4.69) is 46.4 Å².